The van der Waals surface area contributed by atoms with Gasteiger partial charge in [-0.05, 0) is 54.8 Å². The first kappa shape index (κ1) is 24.3. The second-order valence-electron chi connectivity index (χ2n) is 6.18. The van der Waals surface area contributed by atoms with Crippen molar-refractivity contribution in [3.8, 4) is 5.75 Å². The van der Waals surface area contributed by atoms with Crippen molar-refractivity contribution in [2.24, 2.45) is 0 Å². The van der Waals surface area contributed by atoms with Crippen LogP contribution in [-0.2, 0) is 27.4 Å². The van der Waals surface area contributed by atoms with E-state index in [0.717, 1.165) is 12.2 Å². The molecular formula is C19H24F3O4S2+. The Morgan fingerprint density at radius 3 is 1.89 bits per heavy atom. The monoisotopic (exact) mass is 437 g/mol. The van der Waals surface area contributed by atoms with Gasteiger partial charge >= 0.3 is 15.6 Å². The predicted octanol–water partition coefficient (Wildman–Crippen LogP) is 4.56. The number of aryl methyl sites for hydroxylation is 3. The average Bonchev–Trinajstić information content (AvgIpc) is 2.58. The van der Waals surface area contributed by atoms with Gasteiger partial charge in [0.05, 0.1) is 7.11 Å². The van der Waals surface area contributed by atoms with Gasteiger partial charge in [-0.15, -0.1) is 0 Å². The van der Waals surface area contributed by atoms with E-state index in [9.17, 15) is 13.2 Å². The minimum atomic E-state index is -5.84. The maximum absolute atomic E-state index is 10.7. The number of hydrogen-bond acceptors (Lipinski definition) is 3. The SMILES string of the molecule is COc1ccc(CC[S+](C)c2cc(C)cc(C)c2)cc1.O=S(=O)(O)C(F)(F)F. The molecule has 0 aromatic heterocycles. The molecule has 0 fully saturated rings. The van der Waals surface area contributed by atoms with E-state index < -0.39 is 15.6 Å². The van der Waals surface area contributed by atoms with Crippen molar-refractivity contribution in [3.63, 3.8) is 0 Å². The van der Waals surface area contributed by atoms with Crippen LogP contribution < -0.4 is 4.74 Å². The molecule has 0 radical (unpaired) electrons. The molecule has 0 aliphatic heterocycles. The third-order valence-electron chi connectivity index (χ3n) is 3.75. The van der Waals surface area contributed by atoms with Gasteiger partial charge in [0.25, 0.3) is 0 Å². The van der Waals surface area contributed by atoms with Crippen LogP contribution in [0.1, 0.15) is 16.7 Å². The molecule has 2 aromatic carbocycles. The molecule has 9 heteroatoms. The Labute approximate surface area is 166 Å². The number of methoxy groups -OCH3 is 1. The van der Waals surface area contributed by atoms with Crippen LogP contribution in [0.25, 0.3) is 0 Å². The summed E-state index contributed by atoms with van der Waals surface area (Å²) >= 11 is 0. The fourth-order valence-electron chi connectivity index (χ4n) is 2.32. The van der Waals surface area contributed by atoms with Crippen LogP contribution in [0, 0.1) is 13.8 Å². The zero-order valence-electron chi connectivity index (χ0n) is 16.1. The van der Waals surface area contributed by atoms with Crippen LogP contribution in [0.15, 0.2) is 47.4 Å². The van der Waals surface area contributed by atoms with Gasteiger partial charge in [0, 0.05) is 17.3 Å². The number of alkyl halides is 3. The molecule has 1 N–H and O–H groups in total. The standard InChI is InChI=1S/C18H23OS.CHF3O3S/c1-14-11-15(2)13-18(12-14)20(4)10-9-16-5-7-17(19-3)8-6-16;2-1(3,4)8(5,6)7/h5-8,11-13H,9-10H2,1-4H3;(H,5,6,7)/q+1;. The van der Waals surface area contributed by atoms with Crippen molar-refractivity contribution in [3.05, 3.63) is 59.2 Å². The van der Waals surface area contributed by atoms with E-state index in [1.807, 2.05) is 12.1 Å². The topological polar surface area (TPSA) is 63.6 Å². The summed E-state index contributed by atoms with van der Waals surface area (Å²) in [5.74, 6) is 2.13. The summed E-state index contributed by atoms with van der Waals surface area (Å²) in [7, 11) is -3.83. The molecule has 2 rings (SSSR count). The highest BCUT2D eigenvalue weighted by molar-refractivity contribution is 7.96. The van der Waals surface area contributed by atoms with Gasteiger partial charge in [0.1, 0.15) is 17.8 Å². The highest BCUT2D eigenvalue weighted by Gasteiger charge is 2.44. The Hall–Kier alpha value is -1.71. The first-order valence-corrected chi connectivity index (χ1v) is 11.4. The van der Waals surface area contributed by atoms with Crippen LogP contribution in [0.5, 0.6) is 5.75 Å². The Balaban J connectivity index is 0.000000416. The van der Waals surface area contributed by atoms with Crippen molar-refractivity contribution in [1.29, 1.82) is 0 Å². The van der Waals surface area contributed by atoms with E-state index in [4.69, 9.17) is 17.7 Å². The summed E-state index contributed by atoms with van der Waals surface area (Å²) < 4.78 is 62.7. The third kappa shape index (κ3) is 8.12. The van der Waals surface area contributed by atoms with Crippen molar-refractivity contribution in [2.75, 3.05) is 19.1 Å². The molecule has 0 aliphatic carbocycles. The summed E-state index contributed by atoms with van der Waals surface area (Å²) in [4.78, 5) is 1.48. The molecule has 0 heterocycles. The van der Waals surface area contributed by atoms with Gasteiger partial charge in [-0.3, -0.25) is 4.55 Å². The van der Waals surface area contributed by atoms with Gasteiger partial charge in [-0.2, -0.15) is 21.6 Å². The molecule has 4 nitrogen and oxygen atoms in total. The van der Waals surface area contributed by atoms with E-state index in [0.29, 0.717) is 10.9 Å². The highest BCUT2D eigenvalue weighted by atomic mass is 32.2. The lowest BCUT2D eigenvalue weighted by Crippen LogP contribution is -2.21. The Bertz CT molecular complexity index is 843. The first-order valence-electron chi connectivity index (χ1n) is 8.21. The van der Waals surface area contributed by atoms with E-state index >= 15 is 0 Å². The molecule has 0 amide bonds. The number of ether oxygens (including phenoxy) is 1. The minimum Gasteiger partial charge on any atom is -0.497 e. The summed E-state index contributed by atoms with van der Waals surface area (Å²) in [6.07, 6.45) is 3.47. The second kappa shape index (κ2) is 10.2. The molecule has 28 heavy (non-hydrogen) atoms. The van der Waals surface area contributed by atoms with E-state index in [2.05, 4.69) is 50.4 Å². The molecular weight excluding hydrogens is 413 g/mol. The number of rotatable bonds is 5. The lowest BCUT2D eigenvalue weighted by molar-refractivity contribution is -0.0510. The van der Waals surface area contributed by atoms with Crippen LogP contribution >= 0.6 is 0 Å². The largest absolute Gasteiger partial charge is 0.522 e. The number of hydrogen-bond donors (Lipinski definition) is 1. The van der Waals surface area contributed by atoms with Crippen molar-refractivity contribution in [2.45, 2.75) is 30.7 Å². The molecule has 2 aromatic rings. The van der Waals surface area contributed by atoms with Crippen LogP contribution in [0.2, 0.25) is 0 Å². The second-order valence-corrected chi connectivity index (χ2v) is 9.75. The van der Waals surface area contributed by atoms with Crippen molar-refractivity contribution >= 4 is 21.0 Å². The van der Waals surface area contributed by atoms with Crippen LogP contribution in [-0.4, -0.2) is 37.6 Å². The van der Waals surface area contributed by atoms with E-state index in [1.54, 1.807) is 7.11 Å². The molecule has 0 saturated carbocycles. The fourth-order valence-corrected chi connectivity index (χ4v) is 3.87. The van der Waals surface area contributed by atoms with Gasteiger partial charge in [0.15, 0.2) is 4.90 Å². The Kier molecular flexibility index (Phi) is 8.84. The summed E-state index contributed by atoms with van der Waals surface area (Å²) in [6.45, 7) is 4.36. The lowest BCUT2D eigenvalue weighted by Gasteiger charge is -2.06. The summed E-state index contributed by atoms with van der Waals surface area (Å²) in [5, 5.41) is 0. The van der Waals surface area contributed by atoms with Crippen molar-refractivity contribution < 1.29 is 30.9 Å². The number of halogens is 3. The van der Waals surface area contributed by atoms with Crippen LogP contribution in [0.3, 0.4) is 0 Å². The molecule has 1 unspecified atom stereocenters. The smallest absolute Gasteiger partial charge is 0.497 e. The molecule has 0 spiro atoms. The van der Waals surface area contributed by atoms with Crippen molar-refractivity contribution in [1.82, 2.24) is 0 Å². The average molecular weight is 438 g/mol. The molecule has 0 aliphatic rings. The first-order chi connectivity index (χ1) is 12.8. The number of benzene rings is 2. The molecule has 0 saturated heterocycles. The maximum atomic E-state index is 10.7. The molecule has 156 valence electrons. The minimum absolute atomic E-state index is 0.307. The van der Waals surface area contributed by atoms with E-state index in [-0.39, 0.29) is 0 Å². The maximum Gasteiger partial charge on any atom is 0.522 e. The highest BCUT2D eigenvalue weighted by Crippen LogP contribution is 2.20. The molecule has 1 atom stereocenters. The summed E-state index contributed by atoms with van der Waals surface area (Å²) in [6, 6.07) is 15.3. The van der Waals surface area contributed by atoms with E-state index in [1.165, 1.54) is 27.3 Å². The molecule has 0 bridgehead atoms. The zero-order valence-corrected chi connectivity index (χ0v) is 17.7. The predicted molar refractivity (Wildman–Crippen MR) is 107 cm³/mol. The quantitative estimate of drug-likeness (QED) is 0.423. The normalized spacial score (nSPS) is 12.7. The van der Waals surface area contributed by atoms with Gasteiger partial charge in [0.2, 0.25) is 0 Å². The van der Waals surface area contributed by atoms with Gasteiger partial charge < -0.3 is 4.74 Å². The van der Waals surface area contributed by atoms with Gasteiger partial charge in [-0.25, -0.2) is 0 Å². The van der Waals surface area contributed by atoms with Gasteiger partial charge in [-0.1, -0.05) is 18.2 Å². The summed E-state index contributed by atoms with van der Waals surface area (Å²) in [5.41, 5.74) is -1.42. The lowest BCUT2D eigenvalue weighted by atomic mass is 10.2. The Morgan fingerprint density at radius 1 is 1.04 bits per heavy atom. The fraction of sp³-hybridized carbons (Fsp3) is 0.368. The third-order valence-corrected chi connectivity index (χ3v) is 6.19. The Morgan fingerprint density at radius 2 is 1.50 bits per heavy atom. The zero-order chi connectivity index (χ0) is 21.5. The van der Waals surface area contributed by atoms with Crippen LogP contribution in [0.4, 0.5) is 13.2 Å².